The fourth-order valence-corrected chi connectivity index (χ4v) is 2.20. The van der Waals surface area contributed by atoms with Crippen molar-refractivity contribution in [1.82, 2.24) is 0 Å². The number of alkyl halides is 3. The standard InChI is InChI=1S/C21H18F3NO4/c1-2-19(27)25-17-10-6-15(7-11-17)18(26)13-29-20(28)12-5-14-3-8-16(9-4-14)21(22,23)24/h3-12H,2,13H2,1H3,(H,25,27)/b12-5+. The molecular formula is C21H18F3NO4. The molecule has 0 atom stereocenters. The van der Waals surface area contributed by atoms with Crippen LogP contribution in [0.1, 0.15) is 34.8 Å². The number of amides is 1. The first-order valence-corrected chi connectivity index (χ1v) is 8.64. The van der Waals surface area contributed by atoms with E-state index in [-0.39, 0.29) is 5.91 Å². The van der Waals surface area contributed by atoms with Crippen LogP contribution in [0.15, 0.2) is 54.6 Å². The number of hydrogen-bond donors (Lipinski definition) is 1. The number of halogens is 3. The van der Waals surface area contributed by atoms with Gasteiger partial charge in [-0.1, -0.05) is 19.1 Å². The lowest BCUT2D eigenvalue weighted by molar-refractivity contribution is -0.138. The zero-order chi connectivity index (χ0) is 21.4. The minimum absolute atomic E-state index is 0.155. The van der Waals surface area contributed by atoms with E-state index in [2.05, 4.69) is 5.32 Å². The van der Waals surface area contributed by atoms with Crippen LogP contribution in [-0.2, 0) is 20.5 Å². The predicted octanol–water partition coefficient (Wildman–Crippen LogP) is 4.49. The molecule has 5 nitrogen and oxygen atoms in total. The third-order valence-electron chi connectivity index (χ3n) is 3.81. The zero-order valence-corrected chi connectivity index (χ0v) is 15.5. The highest BCUT2D eigenvalue weighted by Gasteiger charge is 2.29. The summed E-state index contributed by atoms with van der Waals surface area (Å²) in [6.45, 7) is 1.23. The summed E-state index contributed by atoms with van der Waals surface area (Å²) >= 11 is 0. The molecule has 0 aliphatic carbocycles. The van der Waals surface area contributed by atoms with E-state index < -0.39 is 30.1 Å². The molecule has 8 heteroatoms. The van der Waals surface area contributed by atoms with Crippen LogP contribution in [-0.4, -0.2) is 24.3 Å². The summed E-state index contributed by atoms with van der Waals surface area (Å²) in [5, 5.41) is 2.64. The second kappa shape index (κ2) is 9.68. The van der Waals surface area contributed by atoms with E-state index in [4.69, 9.17) is 4.74 Å². The molecule has 2 rings (SSSR count). The van der Waals surface area contributed by atoms with Gasteiger partial charge in [0.15, 0.2) is 12.4 Å². The molecule has 2 aromatic carbocycles. The Hall–Kier alpha value is -3.42. The lowest BCUT2D eigenvalue weighted by Crippen LogP contribution is -2.13. The van der Waals surface area contributed by atoms with Crippen molar-refractivity contribution in [2.24, 2.45) is 0 Å². The van der Waals surface area contributed by atoms with Gasteiger partial charge < -0.3 is 10.1 Å². The molecule has 0 saturated carbocycles. The van der Waals surface area contributed by atoms with Gasteiger partial charge >= 0.3 is 12.1 Å². The molecule has 0 aliphatic heterocycles. The highest BCUT2D eigenvalue weighted by atomic mass is 19.4. The fourth-order valence-electron chi connectivity index (χ4n) is 2.20. The summed E-state index contributed by atoms with van der Waals surface area (Å²) in [5.41, 5.74) is 0.443. The van der Waals surface area contributed by atoms with Crippen LogP contribution in [0, 0.1) is 0 Å². The number of esters is 1. The Kier molecular flexibility index (Phi) is 7.30. The van der Waals surface area contributed by atoms with Crippen molar-refractivity contribution >= 4 is 29.4 Å². The first-order valence-electron chi connectivity index (χ1n) is 8.64. The van der Waals surface area contributed by atoms with Gasteiger partial charge in [-0.25, -0.2) is 4.79 Å². The monoisotopic (exact) mass is 405 g/mol. The number of Topliss-reactive ketones (excluding diaryl/α,β-unsaturated/α-hetero) is 1. The smallest absolute Gasteiger partial charge is 0.416 e. The summed E-state index contributed by atoms with van der Waals surface area (Å²) in [7, 11) is 0. The average Bonchev–Trinajstić information content (AvgIpc) is 2.70. The molecule has 1 N–H and O–H groups in total. The fraction of sp³-hybridized carbons (Fsp3) is 0.190. The third-order valence-corrected chi connectivity index (χ3v) is 3.81. The predicted molar refractivity (Wildman–Crippen MR) is 101 cm³/mol. The number of benzene rings is 2. The molecule has 2 aromatic rings. The normalized spacial score (nSPS) is 11.3. The second-order valence-electron chi connectivity index (χ2n) is 5.96. The number of ketones is 1. The van der Waals surface area contributed by atoms with Crippen molar-refractivity contribution in [3.63, 3.8) is 0 Å². The van der Waals surface area contributed by atoms with Crippen LogP contribution in [0.4, 0.5) is 18.9 Å². The van der Waals surface area contributed by atoms with Gasteiger partial charge in [-0.3, -0.25) is 9.59 Å². The third kappa shape index (κ3) is 6.91. The van der Waals surface area contributed by atoms with Gasteiger partial charge in [0.2, 0.25) is 5.91 Å². The maximum Gasteiger partial charge on any atom is 0.416 e. The van der Waals surface area contributed by atoms with Gasteiger partial charge in [-0.2, -0.15) is 13.2 Å². The lowest BCUT2D eigenvalue weighted by atomic mass is 10.1. The molecule has 0 fully saturated rings. The highest BCUT2D eigenvalue weighted by molar-refractivity contribution is 5.99. The van der Waals surface area contributed by atoms with E-state index in [0.717, 1.165) is 18.2 Å². The van der Waals surface area contributed by atoms with Crippen LogP contribution < -0.4 is 5.32 Å². The van der Waals surface area contributed by atoms with Gasteiger partial charge in [0, 0.05) is 23.7 Å². The summed E-state index contributed by atoms with van der Waals surface area (Å²) in [5.74, 6) is -1.39. The largest absolute Gasteiger partial charge is 0.454 e. The molecule has 0 saturated heterocycles. The number of nitrogens with one attached hydrogen (secondary N) is 1. The Balaban J connectivity index is 1.86. The molecule has 0 radical (unpaired) electrons. The molecule has 0 bridgehead atoms. The van der Waals surface area contributed by atoms with Crippen LogP contribution in [0.3, 0.4) is 0 Å². The molecule has 29 heavy (non-hydrogen) atoms. The van der Waals surface area contributed by atoms with Gasteiger partial charge in [-0.15, -0.1) is 0 Å². The maximum absolute atomic E-state index is 12.5. The topological polar surface area (TPSA) is 72.5 Å². The lowest BCUT2D eigenvalue weighted by Gasteiger charge is -2.06. The highest BCUT2D eigenvalue weighted by Crippen LogP contribution is 2.29. The molecule has 152 valence electrons. The van der Waals surface area contributed by atoms with Crippen molar-refractivity contribution in [3.8, 4) is 0 Å². The summed E-state index contributed by atoms with van der Waals surface area (Å²) in [6, 6.07) is 10.4. The number of ether oxygens (including phenoxy) is 1. The Morgan fingerprint density at radius 1 is 1.00 bits per heavy atom. The molecule has 0 aliphatic rings. The quantitative estimate of drug-likeness (QED) is 0.418. The summed E-state index contributed by atoms with van der Waals surface area (Å²) < 4.78 is 42.3. The maximum atomic E-state index is 12.5. The number of anilines is 1. The molecule has 0 spiro atoms. The van der Waals surface area contributed by atoms with Gasteiger partial charge in [-0.05, 0) is 48.0 Å². The van der Waals surface area contributed by atoms with Gasteiger partial charge in [0.1, 0.15) is 0 Å². The van der Waals surface area contributed by atoms with Crippen LogP contribution >= 0.6 is 0 Å². The second-order valence-corrected chi connectivity index (χ2v) is 5.96. The van der Waals surface area contributed by atoms with E-state index in [9.17, 15) is 27.6 Å². The van der Waals surface area contributed by atoms with Gasteiger partial charge in [0.05, 0.1) is 5.56 Å². The minimum atomic E-state index is -4.43. The molecule has 0 heterocycles. The zero-order valence-electron chi connectivity index (χ0n) is 15.5. The first kappa shape index (κ1) is 21.9. The Morgan fingerprint density at radius 3 is 2.17 bits per heavy atom. The minimum Gasteiger partial charge on any atom is -0.454 e. The van der Waals surface area contributed by atoms with Crippen LogP contribution in [0.2, 0.25) is 0 Å². The molecule has 1 amide bonds. The van der Waals surface area contributed by atoms with Gasteiger partial charge in [0.25, 0.3) is 0 Å². The summed E-state index contributed by atoms with van der Waals surface area (Å²) in [4.78, 5) is 35.1. The summed E-state index contributed by atoms with van der Waals surface area (Å²) in [6.07, 6.45) is -1.78. The molecule has 0 unspecified atom stereocenters. The van der Waals surface area contributed by atoms with E-state index >= 15 is 0 Å². The number of carbonyl (C=O) groups is 3. The van der Waals surface area contributed by atoms with Crippen LogP contribution in [0.5, 0.6) is 0 Å². The average molecular weight is 405 g/mol. The van der Waals surface area contributed by atoms with Crippen LogP contribution in [0.25, 0.3) is 6.08 Å². The Morgan fingerprint density at radius 2 is 1.62 bits per heavy atom. The number of carbonyl (C=O) groups excluding carboxylic acids is 3. The molecule has 0 aromatic heterocycles. The first-order chi connectivity index (χ1) is 13.7. The number of hydrogen-bond acceptors (Lipinski definition) is 4. The van der Waals surface area contributed by atoms with Crippen molar-refractivity contribution < 1.29 is 32.3 Å². The van der Waals surface area contributed by atoms with Crippen molar-refractivity contribution in [2.45, 2.75) is 19.5 Å². The Bertz CT molecular complexity index is 901. The van der Waals surface area contributed by atoms with Crippen molar-refractivity contribution in [3.05, 3.63) is 71.3 Å². The van der Waals surface area contributed by atoms with E-state index in [1.54, 1.807) is 19.1 Å². The molecular weight excluding hydrogens is 387 g/mol. The van der Waals surface area contributed by atoms with Crippen molar-refractivity contribution in [2.75, 3.05) is 11.9 Å². The SMILES string of the molecule is CCC(=O)Nc1ccc(C(=O)COC(=O)/C=C/c2ccc(C(F)(F)F)cc2)cc1. The van der Waals surface area contributed by atoms with E-state index in [0.29, 0.717) is 23.2 Å². The van der Waals surface area contributed by atoms with E-state index in [1.807, 2.05) is 0 Å². The van der Waals surface area contributed by atoms with Crippen molar-refractivity contribution in [1.29, 1.82) is 0 Å². The Labute approximate surface area is 165 Å². The van der Waals surface area contributed by atoms with E-state index in [1.165, 1.54) is 30.3 Å². The number of rotatable bonds is 7.